The van der Waals surface area contributed by atoms with Crippen molar-refractivity contribution in [3.63, 3.8) is 0 Å². The fourth-order valence-electron chi connectivity index (χ4n) is 0.795. The van der Waals surface area contributed by atoms with Crippen LogP contribution in [0.1, 0.15) is 22.5 Å². The molecule has 0 saturated heterocycles. The summed E-state index contributed by atoms with van der Waals surface area (Å²) in [6.45, 7) is 0. The van der Waals surface area contributed by atoms with Gasteiger partial charge in [0, 0.05) is 0 Å². The zero-order valence-electron chi connectivity index (χ0n) is 6.10. The summed E-state index contributed by atoms with van der Waals surface area (Å²) in [5, 5.41) is 0. The molecule has 0 aliphatic rings. The molecule has 0 aliphatic heterocycles. The van der Waals surface area contributed by atoms with Gasteiger partial charge in [0.15, 0.2) is 12.1 Å². The first-order chi connectivity index (χ1) is 6.07. The highest BCUT2D eigenvalue weighted by molar-refractivity contribution is 14.1. The molecule has 0 N–H and O–H groups in total. The molecular weight excluding hydrogens is 298 g/mol. The lowest BCUT2D eigenvalue weighted by Crippen LogP contribution is -2.02. The van der Waals surface area contributed by atoms with Gasteiger partial charge in [-0.2, -0.15) is 0 Å². The van der Waals surface area contributed by atoms with Crippen molar-refractivity contribution in [2.24, 2.45) is 0 Å². The highest BCUT2D eigenvalue weighted by Gasteiger charge is 2.20. The molecule has 13 heavy (non-hydrogen) atoms. The number of hydrogen-bond donors (Lipinski definition) is 0. The number of alkyl halides is 2. The number of nitrogens with zero attached hydrogens (tertiary/aromatic N) is 1. The van der Waals surface area contributed by atoms with Gasteiger partial charge >= 0.3 is 0 Å². The number of aldehydes is 1. The van der Waals surface area contributed by atoms with E-state index in [9.17, 15) is 18.0 Å². The van der Waals surface area contributed by atoms with Crippen LogP contribution in [-0.2, 0) is 0 Å². The normalized spacial score (nSPS) is 10.5. The molecule has 1 aromatic heterocycles. The van der Waals surface area contributed by atoms with Gasteiger partial charge in [-0.3, -0.25) is 4.79 Å². The molecule has 1 aromatic rings. The van der Waals surface area contributed by atoms with Crippen molar-refractivity contribution in [1.29, 1.82) is 0 Å². The van der Waals surface area contributed by atoms with E-state index in [1.807, 2.05) is 0 Å². The first-order valence-electron chi connectivity index (χ1n) is 3.15. The predicted octanol–water partition coefficient (Wildman–Crippen LogP) is 2.58. The second-order valence-electron chi connectivity index (χ2n) is 2.14. The molecular formula is C7H3F3INO. The summed E-state index contributed by atoms with van der Waals surface area (Å²) in [6.07, 6.45) is -1.96. The Morgan fingerprint density at radius 1 is 1.54 bits per heavy atom. The van der Waals surface area contributed by atoms with Crippen LogP contribution in [0.2, 0.25) is 0 Å². The molecule has 0 bridgehead atoms. The number of pyridine rings is 1. The van der Waals surface area contributed by atoms with Crippen LogP contribution in [0.3, 0.4) is 0 Å². The fourth-order valence-corrected chi connectivity index (χ4v) is 1.45. The molecule has 0 saturated carbocycles. The first-order valence-corrected chi connectivity index (χ1v) is 4.23. The van der Waals surface area contributed by atoms with Crippen LogP contribution in [0.5, 0.6) is 0 Å². The molecule has 1 rings (SSSR count). The highest BCUT2D eigenvalue weighted by Crippen LogP contribution is 2.27. The van der Waals surface area contributed by atoms with Crippen molar-refractivity contribution in [3.05, 3.63) is 26.8 Å². The van der Waals surface area contributed by atoms with Crippen LogP contribution in [0.4, 0.5) is 13.2 Å². The van der Waals surface area contributed by atoms with Crippen molar-refractivity contribution in [2.75, 3.05) is 0 Å². The van der Waals surface area contributed by atoms with E-state index in [0.717, 1.165) is 6.20 Å². The topological polar surface area (TPSA) is 30.0 Å². The summed E-state index contributed by atoms with van der Waals surface area (Å²) in [5.74, 6) is -0.846. The standard InChI is InChI=1S/C7H3F3INO/c8-3-1-12-4(2-13)5(6(3)11)7(9)10/h1-2,7H. The lowest BCUT2D eigenvalue weighted by molar-refractivity contribution is 0.110. The Balaban J connectivity index is 3.41. The van der Waals surface area contributed by atoms with E-state index in [1.54, 1.807) is 0 Å². The minimum Gasteiger partial charge on any atom is -0.296 e. The zero-order valence-corrected chi connectivity index (χ0v) is 8.26. The summed E-state index contributed by atoms with van der Waals surface area (Å²) in [5.41, 5.74) is -1.06. The number of rotatable bonds is 2. The third kappa shape index (κ3) is 1.98. The Labute approximate surface area is 85.3 Å². The van der Waals surface area contributed by atoms with Crippen molar-refractivity contribution < 1.29 is 18.0 Å². The van der Waals surface area contributed by atoms with Gasteiger partial charge in [0.2, 0.25) is 0 Å². The van der Waals surface area contributed by atoms with Gasteiger partial charge in [0.05, 0.1) is 15.3 Å². The summed E-state index contributed by atoms with van der Waals surface area (Å²) >= 11 is 1.42. The van der Waals surface area contributed by atoms with Crippen molar-refractivity contribution >= 4 is 28.9 Å². The number of carbonyl (C=O) groups is 1. The zero-order chi connectivity index (χ0) is 10.0. The van der Waals surface area contributed by atoms with Crippen LogP contribution >= 0.6 is 22.6 Å². The predicted molar refractivity (Wildman–Crippen MR) is 47.3 cm³/mol. The van der Waals surface area contributed by atoms with Crippen molar-refractivity contribution in [3.8, 4) is 0 Å². The monoisotopic (exact) mass is 301 g/mol. The van der Waals surface area contributed by atoms with E-state index in [-0.39, 0.29) is 9.86 Å². The maximum Gasteiger partial charge on any atom is 0.267 e. The van der Waals surface area contributed by atoms with Crippen LogP contribution in [0.25, 0.3) is 0 Å². The Bertz CT molecular complexity index is 343. The minimum atomic E-state index is -2.89. The van der Waals surface area contributed by atoms with Crippen molar-refractivity contribution in [1.82, 2.24) is 4.98 Å². The molecule has 6 heteroatoms. The molecule has 0 fully saturated rings. The van der Waals surface area contributed by atoms with Gasteiger partial charge in [0.1, 0.15) is 5.69 Å². The van der Waals surface area contributed by atoms with Gasteiger partial charge in [-0.1, -0.05) is 0 Å². The van der Waals surface area contributed by atoms with Gasteiger partial charge in [-0.25, -0.2) is 18.2 Å². The van der Waals surface area contributed by atoms with Crippen LogP contribution in [0.15, 0.2) is 6.20 Å². The third-order valence-corrected chi connectivity index (χ3v) is 2.47. The average molecular weight is 301 g/mol. The smallest absolute Gasteiger partial charge is 0.267 e. The second kappa shape index (κ2) is 4.03. The maximum absolute atomic E-state index is 12.7. The second-order valence-corrected chi connectivity index (χ2v) is 3.22. The van der Waals surface area contributed by atoms with E-state index in [1.165, 1.54) is 22.6 Å². The molecule has 0 atom stereocenters. The van der Waals surface area contributed by atoms with Crippen LogP contribution < -0.4 is 0 Å². The molecule has 0 radical (unpaired) electrons. The Morgan fingerprint density at radius 2 is 2.15 bits per heavy atom. The lowest BCUT2D eigenvalue weighted by Gasteiger charge is -2.05. The Morgan fingerprint density at radius 3 is 2.62 bits per heavy atom. The van der Waals surface area contributed by atoms with Crippen molar-refractivity contribution in [2.45, 2.75) is 6.43 Å². The summed E-state index contributed by atoms with van der Waals surface area (Å²) in [7, 11) is 0. The van der Waals surface area contributed by atoms with Gasteiger partial charge in [-0.05, 0) is 22.6 Å². The summed E-state index contributed by atoms with van der Waals surface area (Å²) in [6, 6.07) is 0. The Kier molecular flexibility index (Phi) is 3.23. The molecule has 0 unspecified atom stereocenters. The molecule has 0 aliphatic carbocycles. The molecule has 70 valence electrons. The lowest BCUT2D eigenvalue weighted by atomic mass is 10.2. The first kappa shape index (κ1) is 10.4. The van der Waals surface area contributed by atoms with Gasteiger partial charge < -0.3 is 0 Å². The number of hydrogen-bond acceptors (Lipinski definition) is 2. The summed E-state index contributed by atoms with van der Waals surface area (Å²) in [4.78, 5) is 13.5. The van der Waals surface area contributed by atoms with E-state index >= 15 is 0 Å². The highest BCUT2D eigenvalue weighted by atomic mass is 127. The van der Waals surface area contributed by atoms with E-state index in [0.29, 0.717) is 0 Å². The fraction of sp³-hybridized carbons (Fsp3) is 0.143. The number of aromatic nitrogens is 1. The molecule has 1 heterocycles. The molecule has 0 spiro atoms. The molecule has 2 nitrogen and oxygen atoms in total. The SMILES string of the molecule is O=Cc1ncc(F)c(I)c1C(F)F. The number of halogens is 4. The Hall–Kier alpha value is -0.660. The largest absolute Gasteiger partial charge is 0.296 e. The van der Waals surface area contributed by atoms with Crippen LogP contribution in [0, 0.1) is 9.39 Å². The number of carbonyl (C=O) groups excluding carboxylic acids is 1. The van der Waals surface area contributed by atoms with Crippen LogP contribution in [-0.4, -0.2) is 11.3 Å². The molecule has 0 aromatic carbocycles. The van der Waals surface area contributed by atoms with E-state index < -0.39 is 23.5 Å². The minimum absolute atomic E-state index is 0.184. The third-order valence-electron chi connectivity index (χ3n) is 1.37. The average Bonchev–Trinajstić information content (AvgIpc) is 2.08. The van der Waals surface area contributed by atoms with E-state index in [4.69, 9.17) is 0 Å². The molecule has 0 amide bonds. The quantitative estimate of drug-likeness (QED) is 0.621. The summed E-state index contributed by atoms with van der Waals surface area (Å²) < 4.78 is 37.0. The van der Waals surface area contributed by atoms with Gasteiger partial charge in [0.25, 0.3) is 6.43 Å². The maximum atomic E-state index is 12.7. The van der Waals surface area contributed by atoms with E-state index in [2.05, 4.69) is 4.98 Å². The van der Waals surface area contributed by atoms with Gasteiger partial charge in [-0.15, -0.1) is 0 Å².